The molecule has 0 atom stereocenters. The molecule has 0 amide bonds. The zero-order chi connectivity index (χ0) is 18.1. The maximum atomic E-state index is 12.2. The van der Waals surface area contributed by atoms with Crippen molar-refractivity contribution in [3.05, 3.63) is 35.4 Å². The van der Waals surface area contributed by atoms with Crippen molar-refractivity contribution in [2.45, 2.75) is 45.8 Å². The van der Waals surface area contributed by atoms with E-state index in [1.807, 2.05) is 36.0 Å². The van der Waals surface area contributed by atoms with E-state index < -0.39 is 0 Å². The first-order valence-electron chi connectivity index (χ1n) is 9.13. The Labute approximate surface area is 160 Å². The van der Waals surface area contributed by atoms with E-state index in [1.54, 1.807) is 0 Å². The first-order valence-corrected chi connectivity index (χ1v) is 11.5. The summed E-state index contributed by atoms with van der Waals surface area (Å²) >= 11 is 3.27. The molecule has 0 aromatic heterocycles. The van der Waals surface area contributed by atoms with Gasteiger partial charge in [0, 0.05) is 22.3 Å². The number of carbonyl (C=O) groups excluding carboxylic acids is 1. The van der Waals surface area contributed by atoms with E-state index >= 15 is 0 Å². The Bertz CT molecular complexity index is 516. The standard InChI is InChI=1S/C20H30O3S2/c1-4-20(5-2)14-22-19(23-15-20)17-10-8-16(9-11-17)18(21)25-13-7-6-12-24-3/h8-11,19H,4-7,12-15H2,1-3H3. The number of rotatable bonds is 9. The molecule has 3 nitrogen and oxygen atoms in total. The second-order valence-corrected chi connectivity index (χ2v) is 8.67. The number of carbonyl (C=O) groups is 1. The third-order valence-corrected chi connectivity index (χ3v) is 6.66. The molecule has 0 spiro atoms. The van der Waals surface area contributed by atoms with Crippen LogP contribution in [0.15, 0.2) is 24.3 Å². The molecule has 0 radical (unpaired) electrons. The lowest BCUT2D eigenvalue weighted by atomic mass is 9.83. The highest BCUT2D eigenvalue weighted by Gasteiger charge is 2.34. The summed E-state index contributed by atoms with van der Waals surface area (Å²) in [4.78, 5) is 12.2. The van der Waals surface area contributed by atoms with E-state index in [2.05, 4.69) is 20.1 Å². The molecule has 5 heteroatoms. The maximum Gasteiger partial charge on any atom is 0.219 e. The minimum atomic E-state index is -0.311. The Balaban J connectivity index is 1.83. The summed E-state index contributed by atoms with van der Waals surface area (Å²) in [5, 5.41) is 0.150. The second-order valence-electron chi connectivity index (χ2n) is 6.62. The van der Waals surface area contributed by atoms with Gasteiger partial charge in [-0.05, 0) is 37.7 Å². The number of thioether (sulfide) groups is 2. The first kappa shape index (κ1) is 20.8. The van der Waals surface area contributed by atoms with Crippen LogP contribution in [0.2, 0.25) is 0 Å². The number of unbranched alkanes of at least 4 members (excludes halogenated alkanes) is 1. The topological polar surface area (TPSA) is 35.5 Å². The third-order valence-electron chi connectivity index (χ3n) is 4.98. The van der Waals surface area contributed by atoms with Crippen molar-refractivity contribution in [3.63, 3.8) is 0 Å². The van der Waals surface area contributed by atoms with Crippen molar-refractivity contribution in [1.29, 1.82) is 0 Å². The van der Waals surface area contributed by atoms with Crippen molar-refractivity contribution in [1.82, 2.24) is 0 Å². The molecule has 2 rings (SSSR count). The molecule has 0 aliphatic carbocycles. The van der Waals surface area contributed by atoms with Gasteiger partial charge in [-0.2, -0.15) is 11.8 Å². The van der Waals surface area contributed by atoms with Gasteiger partial charge in [0.05, 0.1) is 13.2 Å². The van der Waals surface area contributed by atoms with Gasteiger partial charge in [-0.1, -0.05) is 49.9 Å². The molecule has 0 N–H and O–H groups in total. The molecule has 1 aliphatic rings. The van der Waals surface area contributed by atoms with E-state index in [-0.39, 0.29) is 16.8 Å². The molecule has 140 valence electrons. The van der Waals surface area contributed by atoms with Crippen LogP contribution >= 0.6 is 23.5 Å². The van der Waals surface area contributed by atoms with Crippen LogP contribution in [0, 0.1) is 5.41 Å². The van der Waals surface area contributed by atoms with Crippen LogP contribution in [0.3, 0.4) is 0 Å². The summed E-state index contributed by atoms with van der Waals surface area (Å²) in [6.45, 7) is 5.85. The fraction of sp³-hybridized carbons (Fsp3) is 0.650. The van der Waals surface area contributed by atoms with Gasteiger partial charge < -0.3 is 9.47 Å². The number of hydrogen-bond acceptors (Lipinski definition) is 5. The number of hydrogen-bond donors (Lipinski definition) is 0. The van der Waals surface area contributed by atoms with Crippen LogP contribution in [-0.2, 0) is 9.47 Å². The van der Waals surface area contributed by atoms with Crippen LogP contribution in [-0.4, -0.2) is 36.1 Å². The Hall–Kier alpha value is -0.490. The fourth-order valence-electron chi connectivity index (χ4n) is 2.82. The molecule has 1 heterocycles. The molecule has 25 heavy (non-hydrogen) atoms. The number of ether oxygens (including phenoxy) is 2. The van der Waals surface area contributed by atoms with Gasteiger partial charge >= 0.3 is 0 Å². The SMILES string of the molecule is CCC1(CC)COC(c2ccc(C(=O)SCCCCSC)cc2)OC1. The van der Waals surface area contributed by atoms with E-state index in [1.165, 1.54) is 23.9 Å². The van der Waals surface area contributed by atoms with Crippen molar-refractivity contribution < 1.29 is 14.3 Å². The van der Waals surface area contributed by atoms with Crippen molar-refractivity contribution in [3.8, 4) is 0 Å². The molecule has 1 aromatic carbocycles. The Kier molecular flexibility index (Phi) is 8.83. The van der Waals surface area contributed by atoms with Gasteiger partial charge in [0.25, 0.3) is 0 Å². The second kappa shape index (κ2) is 10.6. The Morgan fingerprint density at radius 2 is 1.68 bits per heavy atom. The molecule has 1 aromatic rings. The molecule has 1 aliphatic heterocycles. The van der Waals surface area contributed by atoms with E-state index in [9.17, 15) is 4.79 Å². The summed E-state index contributed by atoms with van der Waals surface area (Å²) < 4.78 is 11.9. The van der Waals surface area contributed by atoms with E-state index in [0.717, 1.165) is 49.4 Å². The van der Waals surface area contributed by atoms with Crippen LogP contribution < -0.4 is 0 Å². The van der Waals surface area contributed by atoms with Crippen LogP contribution in [0.1, 0.15) is 61.7 Å². The molecule has 0 bridgehead atoms. The zero-order valence-corrected chi connectivity index (χ0v) is 17.2. The summed E-state index contributed by atoms with van der Waals surface area (Å²) in [7, 11) is 0. The van der Waals surface area contributed by atoms with Gasteiger partial charge in [0.2, 0.25) is 5.12 Å². The van der Waals surface area contributed by atoms with Gasteiger partial charge in [-0.15, -0.1) is 0 Å². The highest BCUT2D eigenvalue weighted by Crippen LogP contribution is 2.36. The maximum absolute atomic E-state index is 12.2. The summed E-state index contributed by atoms with van der Waals surface area (Å²) in [5.74, 6) is 2.06. The molecule has 0 saturated carbocycles. The summed E-state index contributed by atoms with van der Waals surface area (Å²) in [6.07, 6.45) is 6.21. The van der Waals surface area contributed by atoms with Crippen molar-refractivity contribution >= 4 is 28.6 Å². The summed E-state index contributed by atoms with van der Waals surface area (Å²) in [6, 6.07) is 7.69. The van der Waals surface area contributed by atoms with Crippen LogP contribution in [0.25, 0.3) is 0 Å². The first-order chi connectivity index (χ1) is 12.1. The van der Waals surface area contributed by atoms with Crippen molar-refractivity contribution in [2.24, 2.45) is 5.41 Å². The van der Waals surface area contributed by atoms with Gasteiger partial charge in [0.1, 0.15) is 0 Å². The molecule has 0 unspecified atom stereocenters. The molecule has 1 fully saturated rings. The minimum Gasteiger partial charge on any atom is -0.348 e. The predicted octanol–water partition coefficient (Wildman–Crippen LogP) is 5.56. The third kappa shape index (κ3) is 6.02. The highest BCUT2D eigenvalue weighted by molar-refractivity contribution is 8.14. The lowest BCUT2D eigenvalue weighted by Crippen LogP contribution is -2.37. The minimum absolute atomic E-state index is 0.150. The number of benzene rings is 1. The van der Waals surface area contributed by atoms with Gasteiger partial charge in [-0.3, -0.25) is 4.79 Å². The molecular formula is C20H30O3S2. The van der Waals surface area contributed by atoms with E-state index in [4.69, 9.17) is 9.47 Å². The largest absolute Gasteiger partial charge is 0.348 e. The summed E-state index contributed by atoms with van der Waals surface area (Å²) in [5.41, 5.74) is 1.90. The van der Waals surface area contributed by atoms with Crippen LogP contribution in [0.5, 0.6) is 0 Å². The Morgan fingerprint density at radius 3 is 2.24 bits per heavy atom. The van der Waals surface area contributed by atoms with E-state index in [0.29, 0.717) is 0 Å². The normalized spacial score (nSPS) is 17.6. The monoisotopic (exact) mass is 382 g/mol. The highest BCUT2D eigenvalue weighted by atomic mass is 32.2. The lowest BCUT2D eigenvalue weighted by molar-refractivity contribution is -0.235. The Morgan fingerprint density at radius 1 is 1.08 bits per heavy atom. The zero-order valence-electron chi connectivity index (χ0n) is 15.6. The average Bonchev–Trinajstić information content (AvgIpc) is 2.68. The predicted molar refractivity (Wildman–Crippen MR) is 109 cm³/mol. The fourth-order valence-corrected chi connectivity index (χ4v) is 4.15. The smallest absolute Gasteiger partial charge is 0.219 e. The quantitative estimate of drug-likeness (QED) is 0.523. The van der Waals surface area contributed by atoms with Gasteiger partial charge in [-0.25, -0.2) is 0 Å². The lowest BCUT2D eigenvalue weighted by Gasteiger charge is -2.39. The molecular weight excluding hydrogens is 352 g/mol. The van der Waals surface area contributed by atoms with Gasteiger partial charge in [0.15, 0.2) is 6.29 Å². The van der Waals surface area contributed by atoms with Crippen molar-refractivity contribution in [2.75, 3.05) is 31.0 Å². The average molecular weight is 383 g/mol. The molecule has 1 saturated heterocycles. The van der Waals surface area contributed by atoms with Crippen LogP contribution in [0.4, 0.5) is 0 Å².